The van der Waals surface area contributed by atoms with E-state index in [4.69, 9.17) is 10.5 Å². The molecule has 2 aromatic rings. The van der Waals surface area contributed by atoms with Gasteiger partial charge < -0.3 is 15.2 Å². The van der Waals surface area contributed by atoms with E-state index < -0.39 is 6.61 Å². The number of pyridine rings is 1. The quantitative estimate of drug-likeness (QED) is 0.234. The monoisotopic (exact) mass is 456 g/mol. The second-order valence-corrected chi connectivity index (χ2v) is 6.84. The molecule has 0 spiro atoms. The maximum Gasteiger partial charge on any atom is 0.345 e. The fraction of sp³-hybridized carbons (Fsp3) is 0.190. The molecule has 2 rings (SSSR count). The molecule has 164 valence electrons. The molecule has 0 saturated carbocycles. The molecule has 0 aliphatic heterocycles. The molecule has 8 nitrogen and oxygen atoms in total. The Kier molecular flexibility index (Phi) is 9.29. The summed E-state index contributed by atoms with van der Waals surface area (Å²) in [6, 6.07) is 10.5. The molecule has 32 heavy (non-hydrogen) atoms. The Morgan fingerprint density at radius 2 is 1.91 bits per heavy atom. The summed E-state index contributed by atoms with van der Waals surface area (Å²) in [5, 5.41) is 27.0. The third-order valence-electron chi connectivity index (χ3n) is 3.95. The number of hydrogen-bond donors (Lipinski definition) is 1. The zero-order chi connectivity index (χ0) is 23.5. The summed E-state index contributed by atoms with van der Waals surface area (Å²) in [7, 11) is 0. The van der Waals surface area contributed by atoms with Crippen LogP contribution in [0.5, 0.6) is 5.75 Å². The van der Waals surface area contributed by atoms with Gasteiger partial charge in [-0.15, -0.1) is 0 Å². The van der Waals surface area contributed by atoms with Gasteiger partial charge in [0.2, 0.25) is 0 Å². The van der Waals surface area contributed by atoms with Crippen LogP contribution in [-0.2, 0) is 4.74 Å². The van der Waals surface area contributed by atoms with Crippen molar-refractivity contribution in [1.82, 2.24) is 4.98 Å². The van der Waals surface area contributed by atoms with Gasteiger partial charge in [-0.05, 0) is 23.8 Å². The van der Waals surface area contributed by atoms with Crippen LogP contribution in [0.4, 0.5) is 14.6 Å². The van der Waals surface area contributed by atoms with Crippen molar-refractivity contribution in [2.75, 3.05) is 24.7 Å². The molecular formula is C21H18F2N6O2S. The lowest BCUT2D eigenvalue weighted by Gasteiger charge is -2.13. The van der Waals surface area contributed by atoms with E-state index in [1.807, 2.05) is 6.07 Å². The fourth-order valence-corrected chi connectivity index (χ4v) is 3.48. The third kappa shape index (κ3) is 6.35. The van der Waals surface area contributed by atoms with E-state index in [1.54, 1.807) is 24.3 Å². The maximum atomic E-state index is 12.0. The molecule has 0 unspecified atom stereocenters. The first kappa shape index (κ1) is 24.5. The molecule has 0 radical (unpaired) electrons. The highest BCUT2D eigenvalue weighted by Crippen LogP contribution is 2.36. The van der Waals surface area contributed by atoms with Gasteiger partial charge in [0.25, 0.3) is 0 Å². The van der Waals surface area contributed by atoms with Crippen LogP contribution in [0.2, 0.25) is 0 Å². The van der Waals surface area contributed by atoms with Gasteiger partial charge in [-0.1, -0.05) is 30.5 Å². The number of allylic oxidation sites excluding steroid dienone is 1. The first-order valence-corrected chi connectivity index (χ1v) is 9.98. The van der Waals surface area contributed by atoms with Gasteiger partial charge in [0.15, 0.2) is 0 Å². The Labute approximate surface area is 187 Å². The highest BCUT2D eigenvalue weighted by molar-refractivity contribution is 8.00. The number of alkyl halides is 2. The van der Waals surface area contributed by atoms with Gasteiger partial charge in [0.1, 0.15) is 40.9 Å². The minimum atomic E-state index is -2.86. The number of nitrogens with zero attached hydrogens (tertiary/aromatic N) is 5. The smallest absolute Gasteiger partial charge is 0.345 e. The van der Waals surface area contributed by atoms with E-state index in [0.29, 0.717) is 33.4 Å². The summed E-state index contributed by atoms with van der Waals surface area (Å²) in [5.74, 6) is 0.694. The van der Waals surface area contributed by atoms with Crippen LogP contribution in [0, 0.1) is 22.7 Å². The number of anilines is 1. The Morgan fingerprint density at radius 1 is 1.22 bits per heavy atom. The summed E-state index contributed by atoms with van der Waals surface area (Å²) in [5.41, 5.74) is 7.63. The van der Waals surface area contributed by atoms with E-state index in [0.717, 1.165) is 0 Å². The first-order valence-electron chi connectivity index (χ1n) is 8.99. The summed E-state index contributed by atoms with van der Waals surface area (Å²) in [4.78, 5) is 4.21. The lowest BCUT2D eigenvalue weighted by atomic mass is 9.97. The number of aromatic nitrogens is 1. The highest BCUT2D eigenvalue weighted by Gasteiger charge is 2.21. The predicted molar refractivity (Wildman–Crippen MR) is 119 cm³/mol. The Hall–Kier alpha value is -3.80. The van der Waals surface area contributed by atoms with Crippen molar-refractivity contribution in [3.8, 4) is 29.0 Å². The molecule has 0 saturated heterocycles. The van der Waals surface area contributed by atoms with Gasteiger partial charge >= 0.3 is 6.61 Å². The zero-order valence-electron chi connectivity index (χ0n) is 16.8. The van der Waals surface area contributed by atoms with E-state index in [-0.39, 0.29) is 30.2 Å². The average Bonchev–Trinajstić information content (AvgIpc) is 2.79. The number of rotatable bonds is 11. The van der Waals surface area contributed by atoms with Gasteiger partial charge in [-0.3, -0.25) is 0 Å². The number of nitrogen functional groups attached to an aromatic ring is 1. The molecule has 1 aromatic carbocycles. The van der Waals surface area contributed by atoms with E-state index in [1.165, 1.54) is 17.8 Å². The lowest BCUT2D eigenvalue weighted by molar-refractivity contribution is -0.133. The number of halogens is 2. The van der Waals surface area contributed by atoms with Crippen molar-refractivity contribution in [1.29, 1.82) is 10.5 Å². The molecule has 1 aromatic heterocycles. The van der Waals surface area contributed by atoms with Gasteiger partial charge in [0, 0.05) is 18.0 Å². The second kappa shape index (κ2) is 12.2. The molecule has 0 aliphatic rings. The van der Waals surface area contributed by atoms with Crippen LogP contribution in [-0.4, -0.2) is 43.0 Å². The van der Waals surface area contributed by atoms with E-state index in [2.05, 4.69) is 39.3 Å². The van der Waals surface area contributed by atoms with Crippen molar-refractivity contribution >= 4 is 30.0 Å². The van der Waals surface area contributed by atoms with Crippen LogP contribution in [0.25, 0.3) is 11.1 Å². The SMILES string of the molecule is C=C/C(CSc1nc(N)c(C#N)c(-c2ccc(OCCOC(F)F)cc2)c1C#N)=N\N=C. The summed E-state index contributed by atoms with van der Waals surface area (Å²) >= 11 is 1.19. The molecule has 0 bridgehead atoms. The van der Waals surface area contributed by atoms with Crippen LogP contribution in [0.1, 0.15) is 11.1 Å². The van der Waals surface area contributed by atoms with Crippen molar-refractivity contribution in [2.45, 2.75) is 11.6 Å². The third-order valence-corrected chi connectivity index (χ3v) is 4.96. The van der Waals surface area contributed by atoms with E-state index in [9.17, 15) is 19.3 Å². The number of nitriles is 2. The largest absolute Gasteiger partial charge is 0.491 e. The number of hydrogen-bond acceptors (Lipinski definition) is 9. The molecule has 11 heteroatoms. The molecule has 0 fully saturated rings. The Balaban J connectivity index is 2.37. The molecule has 0 amide bonds. The van der Waals surface area contributed by atoms with Crippen molar-refractivity contribution < 1.29 is 18.3 Å². The molecule has 0 aliphatic carbocycles. The van der Waals surface area contributed by atoms with Crippen LogP contribution in [0.15, 0.2) is 52.1 Å². The summed E-state index contributed by atoms with van der Waals surface area (Å²) in [6.45, 7) is 3.75. The van der Waals surface area contributed by atoms with Crippen molar-refractivity contribution in [3.05, 3.63) is 48.0 Å². The minimum absolute atomic E-state index is 0.0209. The minimum Gasteiger partial charge on any atom is -0.491 e. The number of thioether (sulfide) groups is 1. The highest BCUT2D eigenvalue weighted by atomic mass is 32.2. The molecule has 0 atom stereocenters. The molecular weight excluding hydrogens is 438 g/mol. The predicted octanol–water partition coefficient (Wildman–Crippen LogP) is 4.03. The maximum absolute atomic E-state index is 12.0. The lowest BCUT2D eigenvalue weighted by Crippen LogP contribution is -2.09. The fourth-order valence-electron chi connectivity index (χ4n) is 2.57. The summed E-state index contributed by atoms with van der Waals surface area (Å²) in [6.07, 6.45) is 1.51. The van der Waals surface area contributed by atoms with Crippen LogP contribution in [0.3, 0.4) is 0 Å². The average molecular weight is 456 g/mol. The van der Waals surface area contributed by atoms with Gasteiger partial charge in [-0.2, -0.15) is 29.5 Å². The number of nitrogens with two attached hydrogens (primary N) is 1. The van der Waals surface area contributed by atoms with Crippen LogP contribution < -0.4 is 10.5 Å². The van der Waals surface area contributed by atoms with Gasteiger partial charge in [-0.25, -0.2) is 4.98 Å². The van der Waals surface area contributed by atoms with Gasteiger partial charge in [0.05, 0.1) is 17.9 Å². The molecule has 2 N–H and O–H groups in total. The topological polar surface area (TPSA) is 130 Å². The Bertz CT molecular complexity index is 1090. The zero-order valence-corrected chi connectivity index (χ0v) is 17.6. The number of benzene rings is 1. The standard InChI is InChI=1S/C21H18F2N6O2S/c1-3-14(29-27-2)12-32-20-17(11-25)18(16(10-24)19(26)28-20)13-4-6-15(7-5-13)30-8-9-31-21(22)23/h3-7,21H,1-2,8-9,12H2,(H2,26,28)/b29-14+. The first-order chi connectivity index (χ1) is 15.4. The van der Waals surface area contributed by atoms with Crippen molar-refractivity contribution in [3.63, 3.8) is 0 Å². The second-order valence-electron chi connectivity index (χ2n) is 5.88. The summed E-state index contributed by atoms with van der Waals surface area (Å²) < 4.78 is 33.5. The molecule has 1 heterocycles. The van der Waals surface area contributed by atoms with Crippen LogP contribution >= 0.6 is 11.8 Å². The normalized spacial score (nSPS) is 11.0. The van der Waals surface area contributed by atoms with E-state index >= 15 is 0 Å². The van der Waals surface area contributed by atoms with Crippen molar-refractivity contribution in [2.24, 2.45) is 10.2 Å². The Morgan fingerprint density at radius 3 is 2.47 bits per heavy atom. The number of ether oxygens (including phenoxy) is 2.